The minimum Gasteiger partial charge on any atom is -0.299 e. The lowest BCUT2D eigenvalue weighted by Gasteiger charge is -2.13. The van der Waals surface area contributed by atoms with Gasteiger partial charge in [-0.05, 0) is 55.3 Å². The molecule has 0 amide bonds. The molecule has 164 valence electrons. The third kappa shape index (κ3) is 5.85. The van der Waals surface area contributed by atoms with E-state index in [1.807, 2.05) is 13.0 Å². The van der Waals surface area contributed by atoms with E-state index in [2.05, 4.69) is 5.10 Å². The number of aryl methyl sites for hydroxylation is 2. The molecule has 5 nitrogen and oxygen atoms in total. The minimum absolute atomic E-state index is 0.0697. The van der Waals surface area contributed by atoms with Gasteiger partial charge in [0, 0.05) is 29.9 Å². The highest BCUT2D eigenvalue weighted by Gasteiger charge is 2.19. The fraction of sp³-hybridized carbons (Fsp3) is 0.304. The van der Waals surface area contributed by atoms with Crippen LogP contribution in [0.25, 0.3) is 5.69 Å². The molecule has 1 heterocycles. The molecule has 0 aliphatic heterocycles. The number of Topliss-reactive ketones (excluding diaryl/α,β-unsaturated/α-hetero) is 1. The van der Waals surface area contributed by atoms with Gasteiger partial charge in [0.25, 0.3) is 0 Å². The van der Waals surface area contributed by atoms with Crippen molar-refractivity contribution in [3.05, 3.63) is 82.7 Å². The van der Waals surface area contributed by atoms with Gasteiger partial charge in [0.05, 0.1) is 17.1 Å². The zero-order chi connectivity index (χ0) is 22.8. The standard InChI is InChI=1S/C23H24F2N2O3S/c1-15-12-21(27(26-15)20-8-6-19(24)7-9-20)10-11-23(28)16(2)17-4-5-18(22(25)13-17)14-31(3,29)30/h4-9,12-13,16H,10-11,14H2,1-3H3. The summed E-state index contributed by atoms with van der Waals surface area (Å²) >= 11 is 0. The fourth-order valence-corrected chi connectivity index (χ4v) is 4.22. The van der Waals surface area contributed by atoms with Crippen LogP contribution in [0.3, 0.4) is 0 Å². The van der Waals surface area contributed by atoms with E-state index in [1.54, 1.807) is 29.8 Å². The quantitative estimate of drug-likeness (QED) is 0.517. The second-order valence-corrected chi connectivity index (χ2v) is 9.91. The molecule has 31 heavy (non-hydrogen) atoms. The SMILES string of the molecule is Cc1cc(CCC(=O)C(C)c2ccc(CS(C)(=O)=O)c(F)c2)n(-c2ccc(F)cc2)n1. The fourth-order valence-electron chi connectivity index (χ4n) is 3.42. The minimum atomic E-state index is -3.35. The first kappa shape index (κ1) is 22.8. The first-order chi connectivity index (χ1) is 14.5. The Labute approximate surface area is 180 Å². The smallest absolute Gasteiger partial charge is 0.151 e. The van der Waals surface area contributed by atoms with Gasteiger partial charge in [-0.2, -0.15) is 5.10 Å². The average molecular weight is 447 g/mol. The summed E-state index contributed by atoms with van der Waals surface area (Å²) in [7, 11) is -3.35. The number of carbonyl (C=O) groups is 1. The Bertz CT molecular complexity index is 1200. The summed E-state index contributed by atoms with van der Waals surface area (Å²) < 4.78 is 52.0. The Hall–Kier alpha value is -2.87. The van der Waals surface area contributed by atoms with Gasteiger partial charge < -0.3 is 0 Å². The molecular weight excluding hydrogens is 422 g/mol. The molecule has 1 aromatic heterocycles. The molecule has 3 aromatic rings. The Morgan fingerprint density at radius 1 is 1.10 bits per heavy atom. The van der Waals surface area contributed by atoms with Crippen LogP contribution in [0.15, 0.2) is 48.5 Å². The molecule has 0 fully saturated rings. The molecule has 0 spiro atoms. The van der Waals surface area contributed by atoms with Crippen molar-refractivity contribution in [3.63, 3.8) is 0 Å². The molecule has 0 aliphatic carbocycles. The van der Waals surface area contributed by atoms with E-state index in [4.69, 9.17) is 0 Å². The first-order valence-corrected chi connectivity index (χ1v) is 11.9. The van der Waals surface area contributed by atoms with Crippen molar-refractivity contribution in [1.82, 2.24) is 9.78 Å². The van der Waals surface area contributed by atoms with Crippen LogP contribution in [0.1, 0.15) is 41.8 Å². The number of rotatable bonds is 8. The number of carbonyl (C=O) groups excluding carboxylic acids is 1. The molecule has 0 aliphatic rings. The average Bonchev–Trinajstić information content (AvgIpc) is 3.07. The van der Waals surface area contributed by atoms with Gasteiger partial charge in [0.2, 0.25) is 0 Å². The van der Waals surface area contributed by atoms with Crippen LogP contribution in [0.2, 0.25) is 0 Å². The molecule has 0 bridgehead atoms. The van der Waals surface area contributed by atoms with Gasteiger partial charge in [0.1, 0.15) is 17.4 Å². The van der Waals surface area contributed by atoms with Crippen molar-refractivity contribution < 1.29 is 22.0 Å². The van der Waals surface area contributed by atoms with Crippen molar-refractivity contribution >= 4 is 15.6 Å². The summed E-state index contributed by atoms with van der Waals surface area (Å²) in [6, 6.07) is 12.1. The topological polar surface area (TPSA) is 69.0 Å². The number of hydrogen-bond donors (Lipinski definition) is 0. The van der Waals surface area contributed by atoms with Gasteiger partial charge in [0.15, 0.2) is 9.84 Å². The van der Waals surface area contributed by atoms with Crippen molar-refractivity contribution in [1.29, 1.82) is 0 Å². The maximum absolute atomic E-state index is 14.3. The monoisotopic (exact) mass is 446 g/mol. The maximum atomic E-state index is 14.3. The number of ketones is 1. The molecule has 8 heteroatoms. The summed E-state index contributed by atoms with van der Waals surface area (Å²) in [6.07, 6.45) is 1.70. The van der Waals surface area contributed by atoms with Crippen LogP contribution in [0.5, 0.6) is 0 Å². The van der Waals surface area contributed by atoms with E-state index in [0.29, 0.717) is 17.7 Å². The predicted octanol–water partition coefficient (Wildman–Crippen LogP) is 4.31. The number of aromatic nitrogens is 2. The van der Waals surface area contributed by atoms with Crippen LogP contribution >= 0.6 is 0 Å². The van der Waals surface area contributed by atoms with E-state index < -0.39 is 21.6 Å². The summed E-state index contributed by atoms with van der Waals surface area (Å²) in [5.41, 5.74) is 2.89. The second-order valence-electron chi connectivity index (χ2n) is 7.77. The van der Waals surface area contributed by atoms with E-state index in [1.165, 1.54) is 24.3 Å². The van der Waals surface area contributed by atoms with Crippen LogP contribution in [0.4, 0.5) is 8.78 Å². The lowest BCUT2D eigenvalue weighted by atomic mass is 9.93. The zero-order valence-electron chi connectivity index (χ0n) is 17.6. The third-order valence-electron chi connectivity index (χ3n) is 5.08. The van der Waals surface area contributed by atoms with Crippen molar-refractivity contribution in [2.75, 3.05) is 6.26 Å². The van der Waals surface area contributed by atoms with E-state index in [9.17, 15) is 22.0 Å². The third-order valence-corrected chi connectivity index (χ3v) is 5.92. The van der Waals surface area contributed by atoms with Crippen molar-refractivity contribution in [2.24, 2.45) is 0 Å². The predicted molar refractivity (Wildman–Crippen MR) is 115 cm³/mol. The maximum Gasteiger partial charge on any atom is 0.151 e. The summed E-state index contributed by atoms with van der Waals surface area (Å²) in [5, 5.41) is 4.43. The van der Waals surface area contributed by atoms with Gasteiger partial charge >= 0.3 is 0 Å². The highest BCUT2D eigenvalue weighted by atomic mass is 32.2. The molecular formula is C23H24F2N2O3S. The zero-order valence-corrected chi connectivity index (χ0v) is 18.4. The van der Waals surface area contributed by atoms with Gasteiger partial charge in [-0.3, -0.25) is 4.79 Å². The largest absolute Gasteiger partial charge is 0.299 e. The van der Waals surface area contributed by atoms with E-state index >= 15 is 0 Å². The number of sulfone groups is 1. The highest BCUT2D eigenvalue weighted by Crippen LogP contribution is 2.23. The number of halogens is 2. The van der Waals surface area contributed by atoms with Gasteiger partial charge in [-0.15, -0.1) is 0 Å². The normalized spacial score (nSPS) is 12.7. The highest BCUT2D eigenvalue weighted by molar-refractivity contribution is 7.89. The van der Waals surface area contributed by atoms with Gasteiger partial charge in [-0.1, -0.05) is 19.1 Å². The van der Waals surface area contributed by atoms with Crippen molar-refractivity contribution in [2.45, 2.75) is 38.4 Å². The molecule has 1 atom stereocenters. The van der Waals surface area contributed by atoms with Crippen molar-refractivity contribution in [3.8, 4) is 5.69 Å². The molecule has 0 N–H and O–H groups in total. The Morgan fingerprint density at radius 3 is 2.39 bits per heavy atom. The van der Waals surface area contributed by atoms with Crippen LogP contribution in [-0.4, -0.2) is 30.2 Å². The molecule has 2 aromatic carbocycles. The summed E-state index contributed by atoms with van der Waals surface area (Å²) in [5.74, 6) is -1.96. The second kappa shape index (κ2) is 9.09. The lowest BCUT2D eigenvalue weighted by molar-refractivity contribution is -0.120. The summed E-state index contributed by atoms with van der Waals surface area (Å²) in [6.45, 7) is 3.55. The number of hydrogen-bond acceptors (Lipinski definition) is 4. The lowest BCUT2D eigenvalue weighted by Crippen LogP contribution is -2.12. The molecule has 1 unspecified atom stereocenters. The van der Waals surface area contributed by atoms with Crippen LogP contribution in [0, 0.1) is 18.6 Å². The summed E-state index contributed by atoms with van der Waals surface area (Å²) in [4.78, 5) is 12.7. The van der Waals surface area contributed by atoms with E-state index in [0.717, 1.165) is 17.6 Å². The molecule has 0 radical (unpaired) electrons. The molecule has 3 rings (SSSR count). The first-order valence-electron chi connectivity index (χ1n) is 9.84. The Kier molecular flexibility index (Phi) is 6.69. The van der Waals surface area contributed by atoms with Crippen LogP contribution < -0.4 is 0 Å². The van der Waals surface area contributed by atoms with E-state index in [-0.39, 0.29) is 29.3 Å². The van der Waals surface area contributed by atoms with Crippen LogP contribution in [-0.2, 0) is 26.8 Å². The Balaban J connectivity index is 1.71. The molecule has 0 saturated carbocycles. The number of nitrogens with zero attached hydrogens (tertiary/aromatic N) is 2. The molecule has 0 saturated heterocycles. The Morgan fingerprint density at radius 2 is 1.77 bits per heavy atom. The number of benzene rings is 2. The van der Waals surface area contributed by atoms with Gasteiger partial charge in [-0.25, -0.2) is 21.9 Å².